The fraction of sp³-hybridized carbons (Fsp3) is 0.429. The van der Waals surface area contributed by atoms with Crippen molar-refractivity contribution in [2.45, 2.75) is 51.0 Å². The highest BCUT2D eigenvalue weighted by Gasteiger charge is 2.46. The van der Waals surface area contributed by atoms with Crippen molar-refractivity contribution in [1.82, 2.24) is 19.8 Å². The first kappa shape index (κ1) is 32.3. The number of amides is 1. The Bertz CT molecular complexity index is 1870. The van der Waals surface area contributed by atoms with Crippen LogP contribution in [0.2, 0.25) is 0 Å². The smallest absolute Gasteiger partial charge is 0.458 e. The first-order valence-electron chi connectivity index (χ1n) is 13.9. The van der Waals surface area contributed by atoms with Crippen molar-refractivity contribution >= 4 is 33.1 Å². The van der Waals surface area contributed by atoms with E-state index >= 15 is 0 Å². The fourth-order valence-electron chi connectivity index (χ4n) is 5.62. The van der Waals surface area contributed by atoms with Crippen LogP contribution in [0, 0.1) is 0 Å². The van der Waals surface area contributed by atoms with E-state index in [0.29, 0.717) is 59.8 Å². The van der Waals surface area contributed by atoms with E-state index in [9.17, 15) is 32.7 Å². The summed E-state index contributed by atoms with van der Waals surface area (Å²) in [6, 6.07) is 7.09. The lowest BCUT2D eigenvalue weighted by molar-refractivity contribution is -0.172. The molecule has 3 N–H and O–H groups in total. The van der Waals surface area contributed by atoms with E-state index in [1.54, 1.807) is 28.5 Å². The molecule has 3 aliphatic heterocycles. The zero-order valence-electron chi connectivity index (χ0n) is 24.1. The number of nitrogens with zero attached hydrogens (tertiary/aromatic N) is 3. The summed E-state index contributed by atoms with van der Waals surface area (Å²) in [6.07, 6.45) is 0.396. The van der Waals surface area contributed by atoms with Crippen LogP contribution in [0.15, 0.2) is 29.1 Å². The molecular weight excluding hydrogens is 625 g/mol. The summed E-state index contributed by atoms with van der Waals surface area (Å²) >= 11 is 0. The van der Waals surface area contributed by atoms with Gasteiger partial charge in [0.15, 0.2) is 5.60 Å². The number of aliphatic hydroxyl groups is 1. The van der Waals surface area contributed by atoms with Crippen molar-refractivity contribution in [2.75, 3.05) is 26.2 Å². The molecule has 0 aliphatic carbocycles. The van der Waals surface area contributed by atoms with Gasteiger partial charge in [-0.2, -0.15) is 21.6 Å². The molecule has 45 heavy (non-hydrogen) atoms. The quantitative estimate of drug-likeness (QED) is 0.168. The maximum absolute atomic E-state index is 13.5. The summed E-state index contributed by atoms with van der Waals surface area (Å²) in [4.78, 5) is 45.1. The Morgan fingerprint density at radius 1 is 1.16 bits per heavy atom. The number of carbonyl (C=O) groups is 2. The van der Waals surface area contributed by atoms with Crippen LogP contribution in [0.1, 0.15) is 42.5 Å². The standard InChI is InChI=1S/C27H28N4O6.CHF3O3S/c1-3-16-17-11-15(37-26(34)30-9-7-28-8-10-30)5-6-21(17)29-23-18(16)13-31-22(23)12-20-19(24(31)32)14-36-25(33)27(20,35)4-2;2-1(3,4)8(5,6)7/h5-6,11-12,28,35H,3-4,7-10,13-14H2,1-2H3;(H,5,6,7)/t27-;/m0./s1. The number of aryl methyl sites for hydroxylation is 1. The van der Waals surface area contributed by atoms with Gasteiger partial charge < -0.3 is 29.4 Å². The van der Waals surface area contributed by atoms with Gasteiger partial charge in [0.05, 0.1) is 29.0 Å². The van der Waals surface area contributed by atoms with E-state index < -0.39 is 27.2 Å². The van der Waals surface area contributed by atoms with Gasteiger partial charge in [-0.05, 0) is 42.7 Å². The number of cyclic esters (lactones) is 1. The number of ether oxygens (including phenoxy) is 2. The number of esters is 1. The lowest BCUT2D eigenvalue weighted by atomic mass is 9.86. The Kier molecular flexibility index (Phi) is 8.41. The second-order valence-electron chi connectivity index (χ2n) is 10.6. The molecule has 1 amide bonds. The van der Waals surface area contributed by atoms with Gasteiger partial charge in [0.2, 0.25) is 0 Å². The monoisotopic (exact) mass is 654 g/mol. The maximum atomic E-state index is 13.5. The lowest BCUT2D eigenvalue weighted by Gasteiger charge is -2.31. The molecule has 0 bridgehead atoms. The van der Waals surface area contributed by atoms with Crippen molar-refractivity contribution in [1.29, 1.82) is 0 Å². The van der Waals surface area contributed by atoms with Gasteiger partial charge in [-0.25, -0.2) is 14.6 Å². The van der Waals surface area contributed by atoms with E-state index in [2.05, 4.69) is 5.32 Å². The Morgan fingerprint density at radius 3 is 2.42 bits per heavy atom. The van der Waals surface area contributed by atoms with Gasteiger partial charge in [0.1, 0.15) is 12.4 Å². The first-order chi connectivity index (χ1) is 21.1. The summed E-state index contributed by atoms with van der Waals surface area (Å²) in [5, 5.41) is 15.2. The van der Waals surface area contributed by atoms with Crippen LogP contribution in [0.25, 0.3) is 22.3 Å². The van der Waals surface area contributed by atoms with E-state index in [1.165, 1.54) is 0 Å². The summed E-state index contributed by atoms with van der Waals surface area (Å²) in [5.74, 6) is -0.298. The van der Waals surface area contributed by atoms with Crippen LogP contribution >= 0.6 is 0 Å². The molecule has 3 aliphatic rings. The number of nitrogens with one attached hydrogen (secondary N) is 1. The minimum Gasteiger partial charge on any atom is -0.458 e. The number of alkyl halides is 3. The molecule has 6 rings (SSSR count). The molecule has 1 aromatic carbocycles. The summed E-state index contributed by atoms with van der Waals surface area (Å²) in [7, 11) is -5.84. The largest absolute Gasteiger partial charge is 0.522 e. The Hall–Kier alpha value is -4.06. The highest BCUT2D eigenvalue weighted by molar-refractivity contribution is 7.86. The number of fused-ring (bicyclic) bond motifs is 5. The van der Waals surface area contributed by atoms with Crippen molar-refractivity contribution in [3.8, 4) is 17.1 Å². The summed E-state index contributed by atoms with van der Waals surface area (Å²) in [5.41, 5.74) is -3.23. The minimum absolute atomic E-state index is 0.0926. The predicted molar refractivity (Wildman–Crippen MR) is 152 cm³/mol. The van der Waals surface area contributed by atoms with Crippen LogP contribution in [0.5, 0.6) is 5.75 Å². The van der Waals surface area contributed by atoms with Gasteiger partial charge in [-0.15, -0.1) is 0 Å². The molecule has 5 heterocycles. The molecule has 1 saturated heterocycles. The number of piperazine rings is 1. The van der Waals surface area contributed by atoms with Crippen LogP contribution in [0.4, 0.5) is 18.0 Å². The lowest BCUT2D eigenvalue weighted by Crippen LogP contribution is -2.47. The minimum atomic E-state index is -5.84. The molecule has 2 aromatic heterocycles. The predicted octanol–water partition coefficient (Wildman–Crippen LogP) is 2.44. The van der Waals surface area contributed by atoms with E-state index in [-0.39, 0.29) is 24.7 Å². The average molecular weight is 655 g/mol. The first-order valence-corrected chi connectivity index (χ1v) is 15.4. The van der Waals surface area contributed by atoms with Crippen molar-refractivity contribution in [3.63, 3.8) is 0 Å². The molecule has 17 heteroatoms. The molecule has 13 nitrogen and oxygen atoms in total. The number of halogens is 3. The number of rotatable bonds is 3. The summed E-state index contributed by atoms with van der Waals surface area (Å²) in [6.45, 7) is 6.56. The number of pyridine rings is 2. The van der Waals surface area contributed by atoms with Gasteiger partial charge in [-0.3, -0.25) is 9.35 Å². The molecule has 3 aromatic rings. The molecule has 0 spiro atoms. The summed E-state index contributed by atoms with van der Waals surface area (Å²) < 4.78 is 70.0. The van der Waals surface area contributed by atoms with Crippen LogP contribution in [-0.4, -0.2) is 76.3 Å². The highest BCUT2D eigenvalue weighted by atomic mass is 32.2. The molecular formula is C28H29F3N4O9S. The van der Waals surface area contributed by atoms with E-state index in [0.717, 1.165) is 29.6 Å². The SMILES string of the molecule is CCc1c2c(nc3ccc(OC(=O)N4CCNCC4)cc13)-c1cc3c(c(=O)n1C2)COC(=O)[C@]3(O)CC.O=S(=O)(O)C(F)(F)F. The van der Waals surface area contributed by atoms with Gasteiger partial charge in [0.25, 0.3) is 5.56 Å². The number of benzene rings is 1. The molecule has 1 fully saturated rings. The number of aromatic nitrogens is 2. The Labute approximate surface area is 254 Å². The van der Waals surface area contributed by atoms with E-state index in [4.69, 9.17) is 27.4 Å². The van der Waals surface area contributed by atoms with Gasteiger partial charge >= 0.3 is 27.7 Å². The van der Waals surface area contributed by atoms with Crippen LogP contribution in [-0.2, 0) is 44.8 Å². The normalized spacial score (nSPS) is 19.2. The number of hydrogen-bond acceptors (Lipinski definition) is 10. The molecule has 242 valence electrons. The molecule has 0 radical (unpaired) electrons. The van der Waals surface area contributed by atoms with E-state index in [1.807, 2.05) is 19.1 Å². The molecule has 0 saturated carbocycles. The zero-order chi connectivity index (χ0) is 32.9. The second-order valence-corrected chi connectivity index (χ2v) is 12.0. The maximum Gasteiger partial charge on any atom is 0.522 e. The second kappa shape index (κ2) is 11.7. The average Bonchev–Trinajstić information content (AvgIpc) is 3.36. The Balaban J connectivity index is 0.000000444. The Morgan fingerprint density at radius 2 is 1.82 bits per heavy atom. The van der Waals surface area contributed by atoms with Crippen LogP contribution in [0.3, 0.4) is 0 Å². The van der Waals surface area contributed by atoms with Crippen LogP contribution < -0.4 is 15.6 Å². The third-order valence-corrected chi connectivity index (χ3v) is 8.59. The van der Waals surface area contributed by atoms with Crippen molar-refractivity contribution in [3.05, 3.63) is 56.9 Å². The van der Waals surface area contributed by atoms with Gasteiger partial charge in [0, 0.05) is 42.7 Å². The third-order valence-electron chi connectivity index (χ3n) is 8.00. The molecule has 0 unspecified atom stereocenters. The zero-order valence-corrected chi connectivity index (χ0v) is 24.9. The number of carbonyl (C=O) groups excluding carboxylic acids is 2. The van der Waals surface area contributed by atoms with Crippen molar-refractivity contribution < 1.29 is 50.3 Å². The molecule has 1 atom stereocenters. The third kappa shape index (κ3) is 5.76. The fourth-order valence-corrected chi connectivity index (χ4v) is 5.62. The number of hydrogen-bond donors (Lipinski definition) is 3. The van der Waals surface area contributed by atoms with Gasteiger partial charge in [-0.1, -0.05) is 13.8 Å². The topological polar surface area (TPSA) is 177 Å². The highest BCUT2D eigenvalue weighted by Crippen LogP contribution is 2.40. The van der Waals surface area contributed by atoms with Crippen molar-refractivity contribution in [2.24, 2.45) is 0 Å².